The van der Waals surface area contributed by atoms with Gasteiger partial charge in [0.1, 0.15) is 6.10 Å². The maximum absolute atomic E-state index is 9.66. The molecule has 0 aromatic carbocycles. The van der Waals surface area contributed by atoms with Crippen molar-refractivity contribution in [2.24, 2.45) is 0 Å². The predicted molar refractivity (Wildman–Crippen MR) is 53.8 cm³/mol. The first-order valence-electron chi connectivity index (χ1n) is 4.83. The molecule has 5 nitrogen and oxygen atoms in total. The van der Waals surface area contributed by atoms with Gasteiger partial charge in [-0.25, -0.2) is 0 Å². The van der Waals surface area contributed by atoms with Crippen molar-refractivity contribution < 1.29 is 10.2 Å². The molecule has 1 aromatic heterocycles. The highest BCUT2D eigenvalue weighted by Crippen LogP contribution is 2.19. The third-order valence-electron chi connectivity index (χ3n) is 2.16. The summed E-state index contributed by atoms with van der Waals surface area (Å²) >= 11 is 0. The molecule has 0 aliphatic carbocycles. The molecule has 2 unspecified atom stereocenters. The maximum atomic E-state index is 9.66. The van der Waals surface area contributed by atoms with E-state index in [1.54, 1.807) is 10.9 Å². The molecular formula is C10H15N3O2. The van der Waals surface area contributed by atoms with Gasteiger partial charge in [-0.2, -0.15) is 10.4 Å². The van der Waals surface area contributed by atoms with Crippen LogP contribution in [0, 0.1) is 11.3 Å². The Morgan fingerprint density at radius 2 is 2.20 bits per heavy atom. The van der Waals surface area contributed by atoms with Crippen LogP contribution >= 0.6 is 0 Å². The minimum absolute atomic E-state index is 0.0893. The predicted octanol–water partition coefficient (Wildman–Crippen LogP) is 0.772. The number of aromatic nitrogens is 2. The molecule has 5 heteroatoms. The van der Waals surface area contributed by atoms with Crippen LogP contribution in [-0.2, 0) is 0 Å². The number of rotatable bonds is 4. The molecule has 2 N–H and O–H groups in total. The summed E-state index contributed by atoms with van der Waals surface area (Å²) in [4.78, 5) is 0. The molecule has 15 heavy (non-hydrogen) atoms. The van der Waals surface area contributed by atoms with Crippen LogP contribution < -0.4 is 0 Å². The van der Waals surface area contributed by atoms with Crippen molar-refractivity contribution in [3.8, 4) is 6.07 Å². The summed E-state index contributed by atoms with van der Waals surface area (Å²) in [7, 11) is 0. The minimum Gasteiger partial charge on any atom is -0.389 e. The van der Waals surface area contributed by atoms with Gasteiger partial charge >= 0.3 is 0 Å². The summed E-state index contributed by atoms with van der Waals surface area (Å²) in [6, 6.07) is 2.02. The van der Waals surface area contributed by atoms with Crippen LogP contribution in [0.5, 0.6) is 0 Å². The molecule has 0 aliphatic heterocycles. The first-order chi connectivity index (χ1) is 7.06. The average molecular weight is 209 g/mol. The highest BCUT2D eigenvalue weighted by molar-refractivity contribution is 5.10. The van der Waals surface area contributed by atoms with Gasteiger partial charge < -0.3 is 10.2 Å². The van der Waals surface area contributed by atoms with Crippen molar-refractivity contribution in [2.45, 2.75) is 38.5 Å². The smallest absolute Gasteiger partial charge is 0.109 e. The summed E-state index contributed by atoms with van der Waals surface area (Å²) in [6.45, 7) is 3.93. The summed E-state index contributed by atoms with van der Waals surface area (Å²) in [5.74, 6) is 0. The molecule has 2 atom stereocenters. The molecule has 1 heterocycles. The van der Waals surface area contributed by atoms with Gasteiger partial charge in [-0.15, -0.1) is 0 Å². The van der Waals surface area contributed by atoms with Gasteiger partial charge in [-0.1, -0.05) is 0 Å². The van der Waals surface area contributed by atoms with Crippen LogP contribution in [-0.4, -0.2) is 26.1 Å². The number of hydrogen-bond acceptors (Lipinski definition) is 4. The SMILES string of the molecule is CC(C)n1cc(C(O)C(O)CC#N)cn1. The van der Waals surface area contributed by atoms with Crippen molar-refractivity contribution in [3.05, 3.63) is 18.0 Å². The zero-order valence-electron chi connectivity index (χ0n) is 8.83. The van der Waals surface area contributed by atoms with E-state index in [1.165, 1.54) is 6.20 Å². The Hall–Kier alpha value is -1.38. The van der Waals surface area contributed by atoms with E-state index in [9.17, 15) is 10.2 Å². The number of hydrogen-bond donors (Lipinski definition) is 2. The van der Waals surface area contributed by atoms with Gasteiger partial charge in [0.15, 0.2) is 0 Å². The first kappa shape index (κ1) is 11.7. The Bertz CT molecular complexity index is 354. The van der Waals surface area contributed by atoms with Crippen LogP contribution in [0.15, 0.2) is 12.4 Å². The molecule has 0 spiro atoms. The van der Waals surface area contributed by atoms with Gasteiger partial charge in [-0.05, 0) is 13.8 Å². The minimum atomic E-state index is -1.06. The van der Waals surface area contributed by atoms with Gasteiger partial charge in [-0.3, -0.25) is 4.68 Å². The van der Waals surface area contributed by atoms with E-state index in [0.29, 0.717) is 5.56 Å². The molecule has 0 fully saturated rings. The fraction of sp³-hybridized carbons (Fsp3) is 0.600. The first-order valence-corrected chi connectivity index (χ1v) is 4.83. The quantitative estimate of drug-likeness (QED) is 0.767. The second-order valence-electron chi connectivity index (χ2n) is 3.72. The van der Waals surface area contributed by atoms with Gasteiger partial charge in [0, 0.05) is 17.8 Å². The van der Waals surface area contributed by atoms with Crippen LogP contribution in [0.2, 0.25) is 0 Å². The summed E-state index contributed by atoms with van der Waals surface area (Å²) in [6.07, 6.45) is 0.992. The fourth-order valence-corrected chi connectivity index (χ4v) is 1.22. The monoisotopic (exact) mass is 209 g/mol. The fourth-order valence-electron chi connectivity index (χ4n) is 1.22. The van der Waals surface area contributed by atoms with Crippen molar-refractivity contribution in [1.29, 1.82) is 5.26 Å². The molecule has 0 aliphatic rings. The molecule has 0 saturated heterocycles. The van der Waals surface area contributed by atoms with E-state index in [-0.39, 0.29) is 12.5 Å². The molecular weight excluding hydrogens is 194 g/mol. The van der Waals surface area contributed by atoms with E-state index >= 15 is 0 Å². The van der Waals surface area contributed by atoms with Gasteiger partial charge in [0.2, 0.25) is 0 Å². The van der Waals surface area contributed by atoms with Crippen molar-refractivity contribution in [2.75, 3.05) is 0 Å². The molecule has 0 radical (unpaired) electrons. The Kier molecular flexibility index (Phi) is 3.83. The van der Waals surface area contributed by atoms with E-state index in [1.807, 2.05) is 19.9 Å². The maximum Gasteiger partial charge on any atom is 0.109 e. The average Bonchev–Trinajstić information content (AvgIpc) is 2.65. The van der Waals surface area contributed by atoms with E-state index in [2.05, 4.69) is 5.10 Å². The third-order valence-corrected chi connectivity index (χ3v) is 2.16. The number of aliphatic hydroxyl groups is 2. The van der Waals surface area contributed by atoms with Gasteiger partial charge in [0.05, 0.1) is 24.8 Å². The third kappa shape index (κ3) is 2.78. The topological polar surface area (TPSA) is 82.1 Å². The largest absolute Gasteiger partial charge is 0.389 e. The van der Waals surface area contributed by atoms with Crippen LogP contribution in [0.25, 0.3) is 0 Å². The van der Waals surface area contributed by atoms with Crippen LogP contribution in [0.1, 0.15) is 38.0 Å². The lowest BCUT2D eigenvalue weighted by molar-refractivity contribution is 0.0215. The number of aliphatic hydroxyl groups excluding tert-OH is 2. The molecule has 82 valence electrons. The summed E-state index contributed by atoms with van der Waals surface area (Å²) in [5, 5.41) is 31.5. The lowest BCUT2D eigenvalue weighted by Gasteiger charge is -2.13. The molecule has 1 aromatic rings. The van der Waals surface area contributed by atoms with Crippen LogP contribution in [0.3, 0.4) is 0 Å². The van der Waals surface area contributed by atoms with E-state index < -0.39 is 12.2 Å². The van der Waals surface area contributed by atoms with E-state index in [0.717, 1.165) is 0 Å². The Morgan fingerprint density at radius 3 is 2.67 bits per heavy atom. The Balaban J connectivity index is 2.74. The Morgan fingerprint density at radius 1 is 1.53 bits per heavy atom. The second kappa shape index (κ2) is 4.91. The van der Waals surface area contributed by atoms with Gasteiger partial charge in [0.25, 0.3) is 0 Å². The lowest BCUT2D eigenvalue weighted by atomic mass is 10.1. The second-order valence-corrected chi connectivity index (χ2v) is 3.72. The normalized spacial score (nSPS) is 14.9. The number of nitriles is 1. The Labute approximate surface area is 88.6 Å². The molecule has 0 amide bonds. The lowest BCUT2D eigenvalue weighted by Crippen LogP contribution is -2.17. The highest BCUT2D eigenvalue weighted by Gasteiger charge is 2.19. The van der Waals surface area contributed by atoms with Crippen molar-refractivity contribution in [1.82, 2.24) is 9.78 Å². The highest BCUT2D eigenvalue weighted by atomic mass is 16.3. The summed E-state index contributed by atoms with van der Waals surface area (Å²) < 4.78 is 1.69. The zero-order chi connectivity index (χ0) is 11.4. The summed E-state index contributed by atoms with van der Waals surface area (Å²) in [5.41, 5.74) is 0.534. The van der Waals surface area contributed by atoms with Crippen LogP contribution in [0.4, 0.5) is 0 Å². The molecule has 0 saturated carbocycles. The van der Waals surface area contributed by atoms with Crippen molar-refractivity contribution in [3.63, 3.8) is 0 Å². The molecule has 0 bridgehead atoms. The van der Waals surface area contributed by atoms with Crippen molar-refractivity contribution >= 4 is 0 Å². The van der Waals surface area contributed by atoms with E-state index in [4.69, 9.17) is 5.26 Å². The zero-order valence-corrected chi connectivity index (χ0v) is 8.83. The standard InChI is InChI=1S/C10H15N3O2/c1-7(2)13-6-8(5-12-13)10(15)9(14)3-4-11/h5-7,9-10,14-15H,3H2,1-2H3. The molecule has 1 rings (SSSR count). The number of nitrogens with zero attached hydrogens (tertiary/aromatic N) is 3.